The number of fused-ring (bicyclic) bond motifs is 1. The largest absolute Gasteiger partial charge is 0.496 e. The molecule has 4 nitrogen and oxygen atoms in total. The molecule has 0 aliphatic carbocycles. The summed E-state index contributed by atoms with van der Waals surface area (Å²) >= 11 is 0. The lowest BCUT2D eigenvalue weighted by Crippen LogP contribution is -2.37. The molecule has 0 spiro atoms. The Morgan fingerprint density at radius 2 is 1.65 bits per heavy atom. The highest BCUT2D eigenvalue weighted by Crippen LogP contribution is 2.26. The standard InChI is InChI=1S/C22H23NO3/c1-3-19(22(24)23-15-17-10-5-7-13-20(17)25-2)26-21-14-8-11-16-9-4-6-12-18(16)21/h4-14,19H,3,15H2,1-2H3,(H,23,24)/t19-/m1/s1. The van der Waals surface area contributed by atoms with E-state index >= 15 is 0 Å². The van der Waals surface area contributed by atoms with Crippen molar-refractivity contribution in [3.63, 3.8) is 0 Å². The number of benzene rings is 3. The van der Waals surface area contributed by atoms with Crippen molar-refractivity contribution in [1.82, 2.24) is 5.32 Å². The van der Waals surface area contributed by atoms with Gasteiger partial charge in [0.05, 0.1) is 7.11 Å². The molecule has 26 heavy (non-hydrogen) atoms. The van der Waals surface area contributed by atoms with E-state index in [0.29, 0.717) is 13.0 Å². The van der Waals surface area contributed by atoms with Crippen LogP contribution in [0.4, 0.5) is 0 Å². The molecular weight excluding hydrogens is 326 g/mol. The zero-order chi connectivity index (χ0) is 18.4. The summed E-state index contributed by atoms with van der Waals surface area (Å²) in [6.45, 7) is 2.34. The maximum absolute atomic E-state index is 12.6. The number of hydrogen-bond acceptors (Lipinski definition) is 3. The number of nitrogens with one attached hydrogen (secondary N) is 1. The van der Waals surface area contributed by atoms with Gasteiger partial charge in [-0.3, -0.25) is 4.79 Å². The van der Waals surface area contributed by atoms with Gasteiger partial charge in [0.25, 0.3) is 5.91 Å². The number of carbonyl (C=O) groups excluding carboxylic acids is 1. The van der Waals surface area contributed by atoms with Gasteiger partial charge in [-0.1, -0.05) is 61.5 Å². The van der Waals surface area contributed by atoms with Crippen molar-refractivity contribution < 1.29 is 14.3 Å². The van der Waals surface area contributed by atoms with Crippen LogP contribution in [-0.4, -0.2) is 19.1 Å². The summed E-state index contributed by atoms with van der Waals surface area (Å²) in [5.41, 5.74) is 0.934. The van der Waals surface area contributed by atoms with Crippen molar-refractivity contribution in [3.05, 3.63) is 72.3 Å². The molecule has 1 amide bonds. The van der Waals surface area contributed by atoms with Crippen molar-refractivity contribution in [2.45, 2.75) is 26.0 Å². The molecule has 0 saturated carbocycles. The monoisotopic (exact) mass is 349 g/mol. The lowest BCUT2D eigenvalue weighted by atomic mass is 10.1. The third-order valence-corrected chi connectivity index (χ3v) is 4.33. The molecule has 1 atom stereocenters. The topological polar surface area (TPSA) is 47.6 Å². The normalized spacial score (nSPS) is 11.8. The predicted octanol–water partition coefficient (Wildman–Crippen LogP) is 4.32. The van der Waals surface area contributed by atoms with Crippen molar-refractivity contribution in [3.8, 4) is 11.5 Å². The molecule has 0 bridgehead atoms. The molecule has 3 aromatic rings. The molecule has 0 aromatic heterocycles. The Labute approximate surface area is 153 Å². The van der Waals surface area contributed by atoms with Crippen LogP contribution in [0.25, 0.3) is 10.8 Å². The van der Waals surface area contributed by atoms with Crippen molar-refractivity contribution in [2.75, 3.05) is 7.11 Å². The number of amides is 1. The molecule has 1 N–H and O–H groups in total. The van der Waals surface area contributed by atoms with E-state index in [1.54, 1.807) is 7.11 Å². The van der Waals surface area contributed by atoms with Gasteiger partial charge < -0.3 is 14.8 Å². The number of rotatable bonds is 7. The molecule has 0 radical (unpaired) electrons. The van der Waals surface area contributed by atoms with Crippen molar-refractivity contribution in [1.29, 1.82) is 0 Å². The summed E-state index contributed by atoms with van der Waals surface area (Å²) in [5, 5.41) is 5.05. The van der Waals surface area contributed by atoms with Crippen LogP contribution >= 0.6 is 0 Å². The van der Waals surface area contributed by atoms with E-state index in [4.69, 9.17) is 9.47 Å². The molecule has 3 rings (SSSR count). The van der Waals surface area contributed by atoms with Gasteiger partial charge in [0.1, 0.15) is 11.5 Å². The number of carbonyl (C=O) groups is 1. The Morgan fingerprint density at radius 1 is 0.962 bits per heavy atom. The minimum atomic E-state index is -0.546. The van der Waals surface area contributed by atoms with Crippen LogP contribution in [0.15, 0.2) is 66.7 Å². The van der Waals surface area contributed by atoms with Crippen LogP contribution < -0.4 is 14.8 Å². The first-order valence-corrected chi connectivity index (χ1v) is 8.77. The minimum absolute atomic E-state index is 0.133. The summed E-state index contributed by atoms with van der Waals surface area (Å²) < 4.78 is 11.4. The van der Waals surface area contributed by atoms with E-state index in [-0.39, 0.29) is 5.91 Å². The van der Waals surface area contributed by atoms with Gasteiger partial charge in [0.2, 0.25) is 0 Å². The highest BCUT2D eigenvalue weighted by Gasteiger charge is 2.19. The quantitative estimate of drug-likeness (QED) is 0.691. The molecule has 134 valence electrons. The maximum Gasteiger partial charge on any atom is 0.261 e. The van der Waals surface area contributed by atoms with Gasteiger partial charge in [-0.2, -0.15) is 0 Å². The van der Waals surface area contributed by atoms with Gasteiger partial charge in [-0.15, -0.1) is 0 Å². The second kappa shape index (κ2) is 8.39. The average molecular weight is 349 g/mol. The fourth-order valence-electron chi connectivity index (χ4n) is 2.92. The van der Waals surface area contributed by atoms with E-state index in [9.17, 15) is 4.79 Å². The highest BCUT2D eigenvalue weighted by molar-refractivity contribution is 5.89. The molecule has 0 fully saturated rings. The number of methoxy groups -OCH3 is 1. The van der Waals surface area contributed by atoms with E-state index in [2.05, 4.69) is 5.32 Å². The van der Waals surface area contributed by atoms with Gasteiger partial charge in [-0.25, -0.2) is 0 Å². The first-order chi connectivity index (χ1) is 12.7. The first-order valence-electron chi connectivity index (χ1n) is 8.77. The summed E-state index contributed by atoms with van der Waals surface area (Å²) in [5.74, 6) is 1.35. The van der Waals surface area contributed by atoms with E-state index in [1.165, 1.54) is 0 Å². The second-order valence-corrected chi connectivity index (χ2v) is 6.02. The summed E-state index contributed by atoms with van der Waals surface area (Å²) in [7, 11) is 1.62. The number of para-hydroxylation sites is 1. The van der Waals surface area contributed by atoms with Crippen LogP contribution in [0.3, 0.4) is 0 Å². The van der Waals surface area contributed by atoms with Crippen LogP contribution in [0.5, 0.6) is 11.5 Å². The fourth-order valence-corrected chi connectivity index (χ4v) is 2.92. The van der Waals surface area contributed by atoms with E-state index in [0.717, 1.165) is 27.8 Å². The highest BCUT2D eigenvalue weighted by atomic mass is 16.5. The zero-order valence-electron chi connectivity index (χ0n) is 15.1. The van der Waals surface area contributed by atoms with Gasteiger partial charge in [0.15, 0.2) is 6.10 Å². The van der Waals surface area contributed by atoms with Crippen LogP contribution in [0.1, 0.15) is 18.9 Å². The fraction of sp³-hybridized carbons (Fsp3) is 0.227. The summed E-state index contributed by atoms with van der Waals surface area (Å²) in [4.78, 5) is 12.6. The lowest BCUT2D eigenvalue weighted by molar-refractivity contribution is -0.128. The molecule has 0 aliphatic rings. The predicted molar refractivity (Wildman–Crippen MR) is 103 cm³/mol. The molecule has 4 heteroatoms. The molecular formula is C22H23NO3. The van der Waals surface area contributed by atoms with Crippen molar-refractivity contribution in [2.24, 2.45) is 0 Å². The smallest absolute Gasteiger partial charge is 0.261 e. The maximum atomic E-state index is 12.6. The van der Waals surface area contributed by atoms with Crippen LogP contribution in [0.2, 0.25) is 0 Å². The second-order valence-electron chi connectivity index (χ2n) is 6.02. The number of ether oxygens (including phenoxy) is 2. The third kappa shape index (κ3) is 3.97. The Kier molecular flexibility index (Phi) is 5.74. The zero-order valence-corrected chi connectivity index (χ0v) is 15.1. The molecule has 3 aromatic carbocycles. The van der Waals surface area contributed by atoms with Gasteiger partial charge in [0, 0.05) is 17.5 Å². The van der Waals surface area contributed by atoms with E-state index in [1.807, 2.05) is 73.7 Å². The van der Waals surface area contributed by atoms with Crippen LogP contribution in [0, 0.1) is 0 Å². The minimum Gasteiger partial charge on any atom is -0.496 e. The number of hydrogen-bond donors (Lipinski definition) is 1. The van der Waals surface area contributed by atoms with Gasteiger partial charge in [-0.05, 0) is 23.9 Å². The summed E-state index contributed by atoms with van der Waals surface area (Å²) in [6, 6.07) is 21.5. The Balaban J connectivity index is 1.71. The molecule has 0 aliphatic heterocycles. The average Bonchev–Trinajstić information content (AvgIpc) is 2.70. The molecule has 0 saturated heterocycles. The molecule has 0 unspecified atom stereocenters. The Bertz CT molecular complexity index is 886. The first kappa shape index (κ1) is 17.8. The van der Waals surface area contributed by atoms with E-state index < -0.39 is 6.10 Å². The van der Waals surface area contributed by atoms with Crippen LogP contribution in [-0.2, 0) is 11.3 Å². The lowest BCUT2D eigenvalue weighted by Gasteiger charge is -2.19. The Morgan fingerprint density at radius 3 is 2.46 bits per heavy atom. The Hall–Kier alpha value is -3.01. The summed E-state index contributed by atoms with van der Waals surface area (Å²) in [6.07, 6.45) is 0.0385. The van der Waals surface area contributed by atoms with Gasteiger partial charge >= 0.3 is 0 Å². The van der Waals surface area contributed by atoms with Crippen molar-refractivity contribution >= 4 is 16.7 Å². The molecule has 0 heterocycles. The SMILES string of the molecule is CC[C@@H](Oc1cccc2ccccc12)C(=O)NCc1ccccc1OC. The third-order valence-electron chi connectivity index (χ3n) is 4.33.